The molecular weight excluding hydrogens is 462 g/mol. The summed E-state index contributed by atoms with van der Waals surface area (Å²) in [6.07, 6.45) is 0.544. The number of hydrogen-bond donors (Lipinski definition) is 1. The first-order valence-corrected chi connectivity index (χ1v) is 12.7. The number of likely N-dealkylation sites (N-methyl/N-ethyl adjacent to an activating group) is 1. The van der Waals surface area contributed by atoms with Crippen LogP contribution in [-0.4, -0.2) is 62.2 Å². The zero-order valence-corrected chi connectivity index (χ0v) is 21.1. The molecule has 0 aliphatic heterocycles. The summed E-state index contributed by atoms with van der Waals surface area (Å²) >= 11 is 5.86. The Morgan fingerprint density at radius 1 is 1.00 bits per heavy atom. The second kappa shape index (κ2) is 12.2. The van der Waals surface area contributed by atoms with Gasteiger partial charge >= 0.3 is 0 Å². The van der Waals surface area contributed by atoms with Crippen LogP contribution in [0.25, 0.3) is 0 Å². The van der Waals surface area contributed by atoms with Gasteiger partial charge in [0, 0.05) is 25.2 Å². The van der Waals surface area contributed by atoms with Gasteiger partial charge in [-0.25, -0.2) is 8.42 Å². The molecule has 2 aromatic carbocycles. The van der Waals surface area contributed by atoms with Crippen LogP contribution in [0.1, 0.15) is 26.3 Å². The Balaban J connectivity index is 2.18. The summed E-state index contributed by atoms with van der Waals surface area (Å²) < 4.78 is 26.8. The highest BCUT2D eigenvalue weighted by Crippen LogP contribution is 2.18. The summed E-state index contributed by atoms with van der Waals surface area (Å²) in [5.41, 5.74) is 1.02. The third-order valence-electron chi connectivity index (χ3n) is 5.22. The van der Waals surface area contributed by atoms with Crippen LogP contribution in [-0.2, 0) is 26.0 Å². The van der Waals surface area contributed by atoms with Gasteiger partial charge in [0.1, 0.15) is 6.04 Å². The van der Waals surface area contributed by atoms with Crippen LogP contribution in [0, 0.1) is 5.92 Å². The van der Waals surface area contributed by atoms with Gasteiger partial charge in [-0.1, -0.05) is 55.8 Å². The van der Waals surface area contributed by atoms with Crippen LogP contribution >= 0.6 is 11.6 Å². The molecule has 2 aromatic rings. The topological polar surface area (TPSA) is 86.8 Å². The number of sulfonamides is 1. The maximum atomic E-state index is 13.2. The molecule has 0 saturated carbocycles. The van der Waals surface area contributed by atoms with Gasteiger partial charge in [0.25, 0.3) is 0 Å². The first-order chi connectivity index (χ1) is 15.5. The Hall–Kier alpha value is -2.42. The van der Waals surface area contributed by atoms with Gasteiger partial charge in [0.15, 0.2) is 0 Å². The molecule has 2 rings (SSSR count). The van der Waals surface area contributed by atoms with Crippen LogP contribution < -0.4 is 5.32 Å². The predicted molar refractivity (Wildman–Crippen MR) is 130 cm³/mol. The van der Waals surface area contributed by atoms with Gasteiger partial charge in [0.2, 0.25) is 21.8 Å². The van der Waals surface area contributed by atoms with Crippen molar-refractivity contribution in [2.75, 3.05) is 26.7 Å². The van der Waals surface area contributed by atoms with Crippen molar-refractivity contribution in [3.63, 3.8) is 0 Å². The molecule has 0 radical (unpaired) electrons. The van der Waals surface area contributed by atoms with Gasteiger partial charge in [0.05, 0.1) is 11.4 Å². The Morgan fingerprint density at radius 3 is 2.18 bits per heavy atom. The molecule has 0 spiro atoms. The lowest BCUT2D eigenvalue weighted by Crippen LogP contribution is -2.52. The van der Waals surface area contributed by atoms with E-state index in [0.717, 1.165) is 9.87 Å². The third-order valence-corrected chi connectivity index (χ3v) is 7.29. The van der Waals surface area contributed by atoms with Crippen LogP contribution in [0.4, 0.5) is 0 Å². The molecule has 0 heterocycles. The highest BCUT2D eigenvalue weighted by Gasteiger charge is 2.30. The average Bonchev–Trinajstić information content (AvgIpc) is 2.78. The molecule has 0 unspecified atom stereocenters. The minimum absolute atomic E-state index is 0.0424. The number of carbonyl (C=O) groups excluding carboxylic acids is 2. The number of halogens is 1. The number of hydrogen-bond acceptors (Lipinski definition) is 4. The Kier molecular flexibility index (Phi) is 9.88. The molecule has 33 heavy (non-hydrogen) atoms. The summed E-state index contributed by atoms with van der Waals surface area (Å²) in [4.78, 5) is 27.4. The van der Waals surface area contributed by atoms with Crippen molar-refractivity contribution in [3.8, 4) is 0 Å². The molecule has 1 atom stereocenters. The van der Waals surface area contributed by atoms with Crippen molar-refractivity contribution in [1.82, 2.24) is 14.5 Å². The van der Waals surface area contributed by atoms with Crippen LogP contribution in [0.15, 0.2) is 59.5 Å². The van der Waals surface area contributed by atoms with Gasteiger partial charge in [-0.2, -0.15) is 4.31 Å². The number of carbonyl (C=O) groups is 2. The summed E-state index contributed by atoms with van der Waals surface area (Å²) in [6, 6.07) is 14.6. The van der Waals surface area contributed by atoms with Crippen LogP contribution in [0.3, 0.4) is 0 Å². The van der Waals surface area contributed by atoms with Crippen molar-refractivity contribution in [2.45, 2.75) is 38.1 Å². The first kappa shape index (κ1) is 26.8. The fraction of sp³-hybridized carbons (Fsp3) is 0.417. The van der Waals surface area contributed by atoms with E-state index in [1.165, 1.54) is 36.2 Å². The number of amides is 2. The molecule has 9 heteroatoms. The lowest BCUT2D eigenvalue weighted by atomic mass is 10.1. The highest BCUT2D eigenvalue weighted by atomic mass is 35.5. The van der Waals surface area contributed by atoms with Crippen molar-refractivity contribution in [2.24, 2.45) is 5.92 Å². The third kappa shape index (κ3) is 7.84. The Bertz CT molecular complexity index is 1030. The molecule has 0 aliphatic carbocycles. The van der Waals surface area contributed by atoms with E-state index in [1.54, 1.807) is 6.92 Å². The molecule has 1 N–H and O–H groups in total. The fourth-order valence-electron chi connectivity index (χ4n) is 3.18. The molecule has 0 aromatic heterocycles. The largest absolute Gasteiger partial charge is 0.354 e. The van der Waals surface area contributed by atoms with E-state index in [1.807, 2.05) is 44.2 Å². The van der Waals surface area contributed by atoms with Gasteiger partial charge < -0.3 is 10.2 Å². The van der Waals surface area contributed by atoms with E-state index in [4.69, 9.17) is 11.6 Å². The molecule has 0 saturated heterocycles. The second-order valence-corrected chi connectivity index (χ2v) is 10.8. The van der Waals surface area contributed by atoms with Crippen molar-refractivity contribution < 1.29 is 18.0 Å². The summed E-state index contributed by atoms with van der Waals surface area (Å²) in [6.45, 7) is 6.02. The Morgan fingerprint density at radius 2 is 1.61 bits per heavy atom. The van der Waals surface area contributed by atoms with E-state index in [9.17, 15) is 18.0 Å². The zero-order chi connectivity index (χ0) is 24.6. The maximum Gasteiger partial charge on any atom is 0.243 e. The standard InChI is InChI=1S/C24H32ClN3O4S/c1-18(2)16-26-24(30)19(3)28(15-14-20-8-6-5-7-9-20)23(29)17-27(4)33(31,32)22-12-10-21(25)11-13-22/h5-13,18-19H,14-17H2,1-4H3,(H,26,30)/t19-/m1/s1. The summed E-state index contributed by atoms with van der Waals surface area (Å²) in [7, 11) is -2.54. The van der Waals surface area contributed by atoms with E-state index in [2.05, 4.69) is 5.32 Å². The van der Waals surface area contributed by atoms with Crippen molar-refractivity contribution in [1.29, 1.82) is 0 Å². The quantitative estimate of drug-likeness (QED) is 0.520. The first-order valence-electron chi connectivity index (χ1n) is 10.9. The average molecular weight is 494 g/mol. The highest BCUT2D eigenvalue weighted by molar-refractivity contribution is 7.89. The molecule has 2 amide bonds. The SMILES string of the molecule is CC(C)CNC(=O)[C@@H](C)N(CCc1ccccc1)C(=O)CN(C)S(=O)(=O)c1ccc(Cl)cc1. The van der Waals surface area contributed by atoms with E-state index in [-0.39, 0.29) is 29.8 Å². The van der Waals surface area contributed by atoms with Gasteiger partial charge in [-0.15, -0.1) is 0 Å². The minimum atomic E-state index is -3.89. The summed E-state index contributed by atoms with van der Waals surface area (Å²) in [5, 5.41) is 3.27. The van der Waals surface area contributed by atoms with Crippen LogP contribution in [0.5, 0.6) is 0 Å². The smallest absolute Gasteiger partial charge is 0.243 e. The number of nitrogens with zero attached hydrogens (tertiary/aromatic N) is 2. The van der Waals surface area contributed by atoms with Crippen LogP contribution in [0.2, 0.25) is 5.02 Å². The number of benzene rings is 2. The second-order valence-electron chi connectivity index (χ2n) is 8.35. The zero-order valence-electron chi connectivity index (χ0n) is 19.5. The number of nitrogens with one attached hydrogen (secondary N) is 1. The molecule has 180 valence electrons. The van der Waals surface area contributed by atoms with Crippen molar-refractivity contribution in [3.05, 3.63) is 65.2 Å². The van der Waals surface area contributed by atoms with E-state index < -0.39 is 22.0 Å². The van der Waals surface area contributed by atoms with E-state index >= 15 is 0 Å². The fourth-order valence-corrected chi connectivity index (χ4v) is 4.42. The lowest BCUT2D eigenvalue weighted by molar-refractivity contribution is -0.139. The summed E-state index contributed by atoms with van der Waals surface area (Å²) in [5.74, 6) is -0.447. The van der Waals surface area contributed by atoms with Gasteiger partial charge in [-0.05, 0) is 49.1 Å². The van der Waals surface area contributed by atoms with E-state index in [0.29, 0.717) is 18.0 Å². The van der Waals surface area contributed by atoms with Crippen molar-refractivity contribution >= 4 is 33.4 Å². The molecule has 0 bridgehead atoms. The minimum Gasteiger partial charge on any atom is -0.354 e. The Labute approximate surface area is 201 Å². The molecule has 0 fully saturated rings. The number of rotatable bonds is 11. The maximum absolute atomic E-state index is 13.2. The normalized spacial score (nSPS) is 12.6. The lowest BCUT2D eigenvalue weighted by Gasteiger charge is -2.30. The molecule has 7 nitrogen and oxygen atoms in total. The molecule has 0 aliphatic rings. The molecular formula is C24H32ClN3O4S. The van der Waals surface area contributed by atoms with Gasteiger partial charge in [-0.3, -0.25) is 9.59 Å². The predicted octanol–water partition coefficient (Wildman–Crippen LogP) is 3.19. The monoisotopic (exact) mass is 493 g/mol.